The van der Waals surface area contributed by atoms with Crippen molar-refractivity contribution in [3.63, 3.8) is 0 Å². The van der Waals surface area contributed by atoms with Gasteiger partial charge in [0.25, 0.3) is 0 Å². The lowest BCUT2D eigenvalue weighted by Crippen LogP contribution is -2.41. The van der Waals surface area contributed by atoms with Crippen LogP contribution in [0.2, 0.25) is 0 Å². The van der Waals surface area contributed by atoms with Crippen molar-refractivity contribution in [1.29, 1.82) is 0 Å². The van der Waals surface area contributed by atoms with Gasteiger partial charge in [-0.1, -0.05) is 42.8 Å². The Balaban J connectivity index is 1.73. The Bertz CT molecular complexity index is 723. The summed E-state index contributed by atoms with van der Waals surface area (Å²) in [6.07, 6.45) is 5.89. The number of aryl methyl sites for hydroxylation is 3. The molecule has 0 amide bonds. The van der Waals surface area contributed by atoms with E-state index in [0.29, 0.717) is 6.04 Å². The second-order valence-corrected chi connectivity index (χ2v) is 7.71. The molecule has 0 N–H and O–H groups in total. The molecule has 2 aromatic rings. The Hall–Kier alpha value is -1.80. The zero-order valence-corrected chi connectivity index (χ0v) is 16.8. The Labute approximate surface area is 159 Å². The van der Waals surface area contributed by atoms with E-state index in [-0.39, 0.29) is 0 Å². The molecule has 1 aliphatic carbocycles. The molecule has 1 atom stereocenters. The highest BCUT2D eigenvalue weighted by molar-refractivity contribution is 5.42. The van der Waals surface area contributed by atoms with Crippen molar-refractivity contribution in [3.05, 3.63) is 64.2 Å². The van der Waals surface area contributed by atoms with Crippen molar-refractivity contribution in [1.82, 2.24) is 4.90 Å². The Morgan fingerprint density at radius 2 is 1.96 bits per heavy atom. The molecule has 0 saturated carbocycles. The van der Waals surface area contributed by atoms with Crippen LogP contribution in [0, 0.1) is 13.8 Å². The average Bonchev–Trinajstić information content (AvgIpc) is 2.66. The second-order valence-electron chi connectivity index (χ2n) is 7.71. The molecule has 2 nitrogen and oxygen atoms in total. The molecule has 0 fully saturated rings. The fourth-order valence-electron chi connectivity index (χ4n) is 4.34. The molecule has 0 heterocycles. The third kappa shape index (κ3) is 4.29. The Kier molecular flexibility index (Phi) is 6.37. The van der Waals surface area contributed by atoms with Gasteiger partial charge in [0.05, 0.1) is 7.11 Å². The van der Waals surface area contributed by atoms with Gasteiger partial charge in [-0.3, -0.25) is 4.90 Å². The molecule has 3 rings (SSSR count). The van der Waals surface area contributed by atoms with Crippen LogP contribution in [0.1, 0.15) is 47.6 Å². The average molecular weight is 352 g/mol. The zero-order valence-electron chi connectivity index (χ0n) is 16.8. The van der Waals surface area contributed by atoms with Gasteiger partial charge in [0.2, 0.25) is 0 Å². The lowest BCUT2D eigenvalue weighted by molar-refractivity contribution is 0.180. The van der Waals surface area contributed by atoms with Gasteiger partial charge < -0.3 is 4.74 Å². The number of nitrogens with zero attached hydrogens (tertiary/aromatic N) is 1. The normalized spacial score (nSPS) is 16.6. The quantitative estimate of drug-likeness (QED) is 0.686. The number of hydrogen-bond donors (Lipinski definition) is 0. The lowest BCUT2D eigenvalue weighted by atomic mass is 9.86. The smallest absolute Gasteiger partial charge is 0.122 e. The van der Waals surface area contributed by atoms with Gasteiger partial charge in [0, 0.05) is 12.6 Å². The van der Waals surface area contributed by atoms with E-state index in [1.807, 2.05) is 0 Å². The SMILES string of the molecule is CCCN(CCc1cc(C)ccc1C)[C@@H]1CCc2cccc(OC)c2C1. The van der Waals surface area contributed by atoms with Crippen molar-refractivity contribution in [2.75, 3.05) is 20.2 Å². The van der Waals surface area contributed by atoms with Crippen LogP contribution < -0.4 is 4.74 Å². The van der Waals surface area contributed by atoms with Gasteiger partial charge in [-0.05, 0) is 80.8 Å². The largest absolute Gasteiger partial charge is 0.496 e. The summed E-state index contributed by atoms with van der Waals surface area (Å²) in [6.45, 7) is 9.05. The van der Waals surface area contributed by atoms with E-state index >= 15 is 0 Å². The highest BCUT2D eigenvalue weighted by Gasteiger charge is 2.25. The number of methoxy groups -OCH3 is 1. The van der Waals surface area contributed by atoms with Crippen molar-refractivity contribution in [2.45, 2.75) is 58.9 Å². The van der Waals surface area contributed by atoms with Gasteiger partial charge in [-0.15, -0.1) is 0 Å². The van der Waals surface area contributed by atoms with E-state index in [2.05, 4.69) is 62.1 Å². The first kappa shape index (κ1) is 19.0. The molecule has 1 aliphatic rings. The van der Waals surface area contributed by atoms with E-state index < -0.39 is 0 Å². The maximum absolute atomic E-state index is 5.64. The van der Waals surface area contributed by atoms with E-state index in [4.69, 9.17) is 4.74 Å². The Morgan fingerprint density at radius 1 is 1.12 bits per heavy atom. The molecule has 0 spiro atoms. The van der Waals surface area contributed by atoms with Crippen molar-refractivity contribution in [3.8, 4) is 5.75 Å². The Morgan fingerprint density at radius 3 is 2.73 bits per heavy atom. The standard InChI is InChI=1S/C24H33NO/c1-5-14-25(15-13-21-16-18(2)9-10-19(21)3)22-12-11-20-7-6-8-24(26-4)23(20)17-22/h6-10,16,22H,5,11-15,17H2,1-4H3/t22-/m1/s1. The first-order valence-corrected chi connectivity index (χ1v) is 10.1. The van der Waals surface area contributed by atoms with Crippen LogP contribution in [0.5, 0.6) is 5.75 Å². The third-order valence-corrected chi connectivity index (χ3v) is 5.84. The van der Waals surface area contributed by atoms with Crippen molar-refractivity contribution in [2.24, 2.45) is 0 Å². The molecule has 2 heteroatoms. The number of benzene rings is 2. The zero-order chi connectivity index (χ0) is 18.5. The van der Waals surface area contributed by atoms with E-state index in [1.54, 1.807) is 7.11 Å². The number of ether oxygens (including phenoxy) is 1. The third-order valence-electron chi connectivity index (χ3n) is 5.84. The van der Waals surface area contributed by atoms with Crippen LogP contribution in [-0.4, -0.2) is 31.1 Å². The molecule has 0 saturated heterocycles. The van der Waals surface area contributed by atoms with E-state index in [9.17, 15) is 0 Å². The van der Waals surface area contributed by atoms with E-state index in [1.165, 1.54) is 53.6 Å². The molecule has 0 radical (unpaired) electrons. The van der Waals surface area contributed by atoms with Crippen LogP contribution in [0.25, 0.3) is 0 Å². The van der Waals surface area contributed by atoms with Gasteiger partial charge in [0.1, 0.15) is 5.75 Å². The number of fused-ring (bicyclic) bond motifs is 1. The van der Waals surface area contributed by atoms with Crippen LogP contribution in [0.3, 0.4) is 0 Å². The summed E-state index contributed by atoms with van der Waals surface area (Å²) in [5, 5.41) is 0. The lowest BCUT2D eigenvalue weighted by Gasteiger charge is -2.36. The molecule has 0 bridgehead atoms. The predicted octanol–water partition coefficient (Wildman–Crippen LogP) is 5.12. The highest BCUT2D eigenvalue weighted by Crippen LogP contribution is 2.31. The van der Waals surface area contributed by atoms with Crippen LogP contribution in [0.4, 0.5) is 0 Å². The molecule has 0 unspecified atom stereocenters. The fraction of sp³-hybridized carbons (Fsp3) is 0.500. The fourth-order valence-corrected chi connectivity index (χ4v) is 4.34. The molecular weight excluding hydrogens is 318 g/mol. The number of rotatable bonds is 7. The summed E-state index contributed by atoms with van der Waals surface area (Å²) in [4.78, 5) is 2.72. The summed E-state index contributed by atoms with van der Waals surface area (Å²) in [5.41, 5.74) is 7.19. The molecule has 0 aliphatic heterocycles. The monoisotopic (exact) mass is 351 g/mol. The predicted molar refractivity (Wildman–Crippen MR) is 110 cm³/mol. The van der Waals surface area contributed by atoms with Crippen molar-refractivity contribution < 1.29 is 4.74 Å². The van der Waals surface area contributed by atoms with Gasteiger partial charge in [-0.2, -0.15) is 0 Å². The van der Waals surface area contributed by atoms with Gasteiger partial charge >= 0.3 is 0 Å². The first-order valence-electron chi connectivity index (χ1n) is 10.1. The minimum atomic E-state index is 0.629. The maximum atomic E-state index is 5.64. The summed E-state index contributed by atoms with van der Waals surface area (Å²) >= 11 is 0. The molecule has 0 aromatic heterocycles. The summed E-state index contributed by atoms with van der Waals surface area (Å²) < 4.78 is 5.64. The minimum Gasteiger partial charge on any atom is -0.496 e. The van der Waals surface area contributed by atoms with Crippen molar-refractivity contribution >= 4 is 0 Å². The first-order chi connectivity index (χ1) is 12.6. The maximum Gasteiger partial charge on any atom is 0.122 e. The van der Waals surface area contributed by atoms with Crippen LogP contribution in [0.15, 0.2) is 36.4 Å². The van der Waals surface area contributed by atoms with E-state index in [0.717, 1.165) is 25.1 Å². The molecule has 26 heavy (non-hydrogen) atoms. The molecular formula is C24H33NO. The number of hydrogen-bond acceptors (Lipinski definition) is 2. The highest BCUT2D eigenvalue weighted by atomic mass is 16.5. The summed E-state index contributed by atoms with van der Waals surface area (Å²) in [7, 11) is 1.80. The minimum absolute atomic E-state index is 0.629. The summed E-state index contributed by atoms with van der Waals surface area (Å²) in [5.74, 6) is 1.07. The second kappa shape index (κ2) is 8.73. The molecule has 2 aromatic carbocycles. The topological polar surface area (TPSA) is 12.5 Å². The van der Waals surface area contributed by atoms with Crippen LogP contribution >= 0.6 is 0 Å². The van der Waals surface area contributed by atoms with Crippen LogP contribution in [-0.2, 0) is 19.3 Å². The van der Waals surface area contributed by atoms with Gasteiger partial charge in [0.15, 0.2) is 0 Å². The summed E-state index contributed by atoms with van der Waals surface area (Å²) in [6, 6.07) is 14.0. The van der Waals surface area contributed by atoms with Gasteiger partial charge in [-0.25, -0.2) is 0 Å². The molecule has 140 valence electrons.